The van der Waals surface area contributed by atoms with Crippen LogP contribution >= 0.6 is 22.7 Å². The van der Waals surface area contributed by atoms with Gasteiger partial charge in [-0.05, 0) is 148 Å². The summed E-state index contributed by atoms with van der Waals surface area (Å²) in [4.78, 5) is 168. The van der Waals surface area contributed by atoms with Crippen molar-refractivity contribution in [2.24, 2.45) is 5.14 Å². The van der Waals surface area contributed by atoms with Crippen LogP contribution in [0, 0.1) is 0 Å². The highest BCUT2D eigenvalue weighted by atomic mass is 32.3. The third-order valence-corrected chi connectivity index (χ3v) is 26.1. The van der Waals surface area contributed by atoms with Crippen LogP contribution in [0.2, 0.25) is 0 Å². The molecule has 2 aliphatic rings. The molecule has 0 aromatic carbocycles. The summed E-state index contributed by atoms with van der Waals surface area (Å²) in [6.07, 6.45) is -16.4. The number of carbonyl (C=O) groups excluding carboxylic acids is 13. The second kappa shape index (κ2) is 42.7. The maximum absolute atomic E-state index is 13.1. The number of nitrogens with one attached hydrogen (secondary N) is 3. The Hall–Kier alpha value is -8.34. The van der Waals surface area contributed by atoms with Gasteiger partial charge in [-0.1, -0.05) is 27.7 Å². The fourth-order valence-corrected chi connectivity index (χ4v) is 18.3. The number of carbonyl (C=O) groups is 14. The molecule has 0 bridgehead atoms. The number of esters is 12. The van der Waals surface area contributed by atoms with E-state index in [0.717, 1.165) is 73.7 Å². The van der Waals surface area contributed by atoms with Crippen molar-refractivity contribution in [1.29, 1.82) is 0 Å². The van der Waals surface area contributed by atoms with Gasteiger partial charge >= 0.3 is 77.6 Å². The van der Waals surface area contributed by atoms with Gasteiger partial charge in [-0.25, -0.2) is 96.3 Å². The molecule has 6 N–H and O–H groups in total. The number of rotatable bonds is 35. The molecule has 2 aromatic rings. The van der Waals surface area contributed by atoms with Crippen molar-refractivity contribution in [3.8, 4) is 0 Å². The second-order valence-electron chi connectivity index (χ2n) is 24.4. The normalized spacial score (nSPS) is 19.4. The predicted molar refractivity (Wildman–Crippen MR) is 375 cm³/mol. The minimum absolute atomic E-state index is 0.0746. The molecule has 616 valence electrons. The van der Waals surface area contributed by atoms with Crippen LogP contribution in [0.15, 0.2) is 29.0 Å². The fraction of sp³-hybridized carbons (Fsp3) is 0.656. The van der Waals surface area contributed by atoms with Crippen LogP contribution in [-0.4, -0.2) is 219 Å². The molecule has 2 aromatic heterocycles. The number of carboxylic acids is 1. The zero-order valence-electron chi connectivity index (χ0n) is 62.9. The van der Waals surface area contributed by atoms with Crippen LogP contribution in [0.25, 0.3) is 0 Å². The van der Waals surface area contributed by atoms with E-state index in [1.807, 2.05) is 13.8 Å². The first-order valence-corrected chi connectivity index (χ1v) is 41.5. The number of hydrogen-bond acceptors (Lipinski definition) is 38. The third kappa shape index (κ3) is 29.1. The molecule has 2 aliphatic heterocycles. The summed E-state index contributed by atoms with van der Waals surface area (Å²) >= 11 is 1.23. The first-order chi connectivity index (χ1) is 50.2. The van der Waals surface area contributed by atoms with E-state index in [2.05, 4.69) is 15.4 Å². The zero-order valence-corrected chi connectivity index (χ0v) is 67.8. The number of carboxylic acid groups (broad SMARTS) is 1. The van der Waals surface area contributed by atoms with Gasteiger partial charge in [-0.3, -0.25) is 14.4 Å². The van der Waals surface area contributed by atoms with Crippen molar-refractivity contribution in [2.45, 2.75) is 276 Å². The van der Waals surface area contributed by atoms with Crippen molar-refractivity contribution in [1.82, 2.24) is 15.4 Å². The standard InChI is InChI=1S/C32H46N2O17S3.C22H32O14.C10H16N2O4S3/c1-10-12-24(35)46-17(5)27(37)48-19(7)29(39)50-21(9)31(41)51-20(8)30(40)49-18(6)28(38)47-16(4)26(36)34-54(44,45)25-14-22-23(33-11-2)13-15(3)53(42,43)32(22)52-25;1-8-9-16(23)31-11(3)18(26)33-13(5)20(28)35-15(7)22(30)36-14(6)21(29)34-12(4)19(27)32-10(2)17(24)25;1-3-12-8-4-6(2)18(13,14)10-7(8)5-9(17-10)19(11,15)16/h14-21,23,33H,10-13H2,1-9H3,(H,34,36);10-15H,8-9H2,1-7H3,(H,24,25);5-6,8,12H,3-4H2,1-2H3,(H2,11,15,16)/t15-,16-,17-,18-,19-,20-,21-,23-;10-,11+,12-,13-,14-,15-;6-,8-/m010/s1. The molecule has 16 atom stereocenters. The van der Waals surface area contributed by atoms with E-state index in [9.17, 15) is 101 Å². The molecule has 45 heteroatoms. The summed E-state index contributed by atoms with van der Waals surface area (Å²) in [6.45, 7) is 25.1. The van der Waals surface area contributed by atoms with Gasteiger partial charge in [-0.2, -0.15) is 0 Å². The smallest absolute Gasteiger partial charge is 0.347 e. The van der Waals surface area contributed by atoms with Gasteiger partial charge in [-0.15, -0.1) is 22.7 Å². The number of thiophene rings is 2. The molecule has 4 heterocycles. The number of hydrogen-bond donors (Lipinski definition) is 5. The van der Waals surface area contributed by atoms with E-state index >= 15 is 0 Å². The lowest BCUT2D eigenvalue weighted by atomic mass is 10.1. The van der Waals surface area contributed by atoms with Gasteiger partial charge in [0.15, 0.2) is 92.9 Å². The Labute approximate surface area is 637 Å². The summed E-state index contributed by atoms with van der Waals surface area (Å²) in [5.41, 5.74) is 0.791. The predicted octanol–water partition coefficient (Wildman–Crippen LogP) is 2.23. The number of ether oxygens (including phenoxy) is 12. The number of amides is 1. The molecule has 0 unspecified atom stereocenters. The van der Waals surface area contributed by atoms with Crippen molar-refractivity contribution >= 4 is 146 Å². The van der Waals surface area contributed by atoms with Crippen LogP contribution in [0.5, 0.6) is 0 Å². The molecule has 0 radical (unpaired) electrons. The van der Waals surface area contributed by atoms with E-state index in [1.165, 1.54) is 39.8 Å². The molecular weight excluding hydrogens is 1580 g/mol. The van der Waals surface area contributed by atoms with Gasteiger partial charge in [0.2, 0.25) is 10.0 Å². The van der Waals surface area contributed by atoms with E-state index in [-0.39, 0.29) is 43.5 Å². The largest absolute Gasteiger partial charge is 0.479 e. The van der Waals surface area contributed by atoms with E-state index in [1.54, 1.807) is 25.5 Å². The first kappa shape index (κ1) is 96.7. The summed E-state index contributed by atoms with van der Waals surface area (Å²) in [6, 6.07) is 1.98. The van der Waals surface area contributed by atoms with Crippen LogP contribution in [0.1, 0.15) is 186 Å². The molecule has 39 nitrogen and oxygen atoms in total. The molecule has 0 spiro atoms. The number of sulfone groups is 2. The molecule has 0 fully saturated rings. The highest BCUT2D eigenvalue weighted by Crippen LogP contribution is 2.44. The fourth-order valence-electron chi connectivity index (χ4n) is 8.82. The van der Waals surface area contributed by atoms with Crippen LogP contribution in [0.4, 0.5) is 0 Å². The molecule has 0 aliphatic carbocycles. The van der Waals surface area contributed by atoms with Gasteiger partial charge in [0, 0.05) is 36.1 Å². The number of aliphatic carboxylic acids is 1. The maximum atomic E-state index is 13.1. The lowest BCUT2D eigenvalue weighted by molar-refractivity contribution is -0.187. The van der Waals surface area contributed by atoms with E-state index < -0.39 is 217 Å². The van der Waals surface area contributed by atoms with Gasteiger partial charge in [0.1, 0.15) is 16.8 Å². The lowest BCUT2D eigenvalue weighted by Crippen LogP contribution is -2.41. The van der Waals surface area contributed by atoms with Crippen LogP contribution in [0.3, 0.4) is 0 Å². The highest BCUT2D eigenvalue weighted by molar-refractivity contribution is 7.96. The second-order valence-corrected chi connectivity index (χ2v) is 35.4. The summed E-state index contributed by atoms with van der Waals surface area (Å²) in [7, 11) is -15.7. The van der Waals surface area contributed by atoms with E-state index in [0.29, 0.717) is 49.3 Å². The summed E-state index contributed by atoms with van der Waals surface area (Å²) in [5, 5.41) is 18.8. The quantitative estimate of drug-likeness (QED) is 0.0488. The average molecular weight is 1670 g/mol. The minimum atomic E-state index is -4.60. The van der Waals surface area contributed by atoms with Gasteiger partial charge in [0.25, 0.3) is 15.9 Å². The lowest BCUT2D eigenvalue weighted by Gasteiger charge is -2.27. The zero-order chi connectivity index (χ0) is 83.9. The van der Waals surface area contributed by atoms with Crippen molar-refractivity contribution in [2.75, 3.05) is 13.1 Å². The molecular formula is C64H94N4O35S6. The number of fused-ring (bicyclic) bond motifs is 2. The summed E-state index contributed by atoms with van der Waals surface area (Å²) < 4.78 is 159. The van der Waals surface area contributed by atoms with Crippen molar-refractivity contribution in [3.63, 3.8) is 0 Å². The van der Waals surface area contributed by atoms with Gasteiger partial charge in [0.05, 0.1) is 10.5 Å². The Morgan fingerprint density at radius 2 is 0.661 bits per heavy atom. The van der Waals surface area contributed by atoms with Crippen molar-refractivity contribution < 1.29 is 163 Å². The first-order valence-electron chi connectivity index (χ1n) is 33.7. The Bertz CT molecular complexity index is 4120. The Morgan fingerprint density at radius 1 is 0.422 bits per heavy atom. The maximum Gasteiger partial charge on any atom is 0.347 e. The van der Waals surface area contributed by atoms with Crippen molar-refractivity contribution in [3.05, 3.63) is 23.3 Å². The highest BCUT2D eigenvalue weighted by Gasteiger charge is 2.43. The third-order valence-electron chi connectivity index (χ3n) is 15.0. The Morgan fingerprint density at radius 3 is 0.908 bits per heavy atom. The number of primary sulfonamides is 1. The minimum Gasteiger partial charge on any atom is -0.479 e. The van der Waals surface area contributed by atoms with E-state index in [4.69, 9.17) is 62.4 Å². The number of nitrogens with two attached hydrogens (primary N) is 1. The monoisotopic (exact) mass is 1670 g/mol. The molecule has 4 rings (SSSR count). The molecule has 0 saturated carbocycles. The molecule has 1 amide bonds. The summed E-state index contributed by atoms with van der Waals surface area (Å²) in [5.74, 6) is -15.4. The van der Waals surface area contributed by atoms with Crippen LogP contribution in [-0.2, 0) is 164 Å². The Kier molecular flexibility index (Phi) is 37.9. The van der Waals surface area contributed by atoms with Crippen LogP contribution < -0.4 is 20.5 Å². The molecule has 109 heavy (non-hydrogen) atoms. The van der Waals surface area contributed by atoms with Gasteiger partial charge < -0.3 is 72.6 Å². The Balaban J connectivity index is 0.000000624. The number of sulfonamides is 2. The average Bonchev–Trinajstić information content (AvgIpc) is 1.62. The molecule has 0 saturated heterocycles. The topological polar surface area (TPSA) is 569 Å². The SMILES string of the molecule is CCCC(=O)O[C@@H](C)C(=O)O[C@@H](C)C(=O)O[C@@H](C)C(=O)O[C@@H](C)C(=O)O[C@@H](C)C(=O)O[C@@H](C)C(=O)NS(=O)(=O)c1cc2c(s1)S(=O)(=O)[C@@H](C)C[C@@H]2NCC.CCCC(=O)O[C@@H](C)C(=O)O[C@H](C)C(=O)O[C@H](C)C(=O)O[C@H](C)C(=O)O[C@H](C)C(=O)O[C@H](C)C(=O)O.CCN[C@H]1C[C@H](C)S(=O)(=O)c2sc(S(N)(=O)=O)cc21.